The Labute approximate surface area is 79.5 Å². The molecular formula is C10H17N3. The van der Waals surface area contributed by atoms with Crippen LogP contribution in [0.3, 0.4) is 0 Å². The van der Waals surface area contributed by atoms with Crippen LogP contribution in [0, 0.1) is 0 Å². The van der Waals surface area contributed by atoms with Gasteiger partial charge in [-0.2, -0.15) is 5.10 Å². The number of aromatic nitrogens is 2. The van der Waals surface area contributed by atoms with E-state index in [1.165, 1.54) is 5.69 Å². The Morgan fingerprint density at radius 1 is 1.69 bits per heavy atom. The topological polar surface area (TPSA) is 29.9 Å². The average Bonchev–Trinajstić information content (AvgIpc) is 2.51. The summed E-state index contributed by atoms with van der Waals surface area (Å²) in [5.74, 6) is 0. The summed E-state index contributed by atoms with van der Waals surface area (Å²) in [6, 6.07) is 2.04. The number of hydrogen-bond acceptors (Lipinski definition) is 2. The van der Waals surface area contributed by atoms with Crippen molar-refractivity contribution in [2.45, 2.75) is 26.9 Å². The van der Waals surface area contributed by atoms with Crippen molar-refractivity contribution < 1.29 is 0 Å². The molecule has 1 N–H and O–H groups in total. The van der Waals surface area contributed by atoms with Gasteiger partial charge < -0.3 is 5.32 Å². The fraction of sp³-hybridized carbons (Fsp3) is 0.500. The first kappa shape index (κ1) is 9.99. The highest BCUT2D eigenvalue weighted by atomic mass is 15.3. The quantitative estimate of drug-likeness (QED) is 0.695. The molecule has 1 heterocycles. The Morgan fingerprint density at radius 3 is 3.08 bits per heavy atom. The molecule has 0 spiro atoms. The van der Waals surface area contributed by atoms with Gasteiger partial charge in [-0.25, -0.2) is 0 Å². The Morgan fingerprint density at radius 2 is 2.46 bits per heavy atom. The highest BCUT2D eigenvalue weighted by Gasteiger charge is 1.98. The van der Waals surface area contributed by atoms with Crippen LogP contribution in [0.4, 0.5) is 0 Å². The molecule has 1 rings (SSSR count). The minimum atomic E-state index is 0.862. The lowest BCUT2D eigenvalue weighted by atomic mass is 10.3. The van der Waals surface area contributed by atoms with E-state index in [-0.39, 0.29) is 0 Å². The zero-order valence-electron chi connectivity index (χ0n) is 8.38. The fourth-order valence-electron chi connectivity index (χ4n) is 1.20. The minimum Gasteiger partial charge on any atom is -0.307 e. The largest absolute Gasteiger partial charge is 0.307 e. The molecule has 3 nitrogen and oxygen atoms in total. The normalized spacial score (nSPS) is 10.3. The standard InChI is InChI=1S/C10H17N3/c1-4-13-10(5-6-12-13)8-11-7-9(2)3/h5-6,11H,2,4,7-8H2,1,3H3. The molecule has 0 atom stereocenters. The van der Waals surface area contributed by atoms with E-state index in [1.54, 1.807) is 0 Å². The number of nitrogens with zero attached hydrogens (tertiary/aromatic N) is 2. The molecule has 1 aromatic heterocycles. The van der Waals surface area contributed by atoms with Crippen molar-refractivity contribution in [3.8, 4) is 0 Å². The van der Waals surface area contributed by atoms with E-state index in [9.17, 15) is 0 Å². The third-order valence-corrected chi connectivity index (χ3v) is 1.84. The molecule has 0 unspecified atom stereocenters. The lowest BCUT2D eigenvalue weighted by Gasteiger charge is -2.05. The van der Waals surface area contributed by atoms with Gasteiger partial charge in [-0.05, 0) is 19.9 Å². The summed E-state index contributed by atoms with van der Waals surface area (Å²) in [7, 11) is 0. The second-order valence-electron chi connectivity index (χ2n) is 3.20. The number of nitrogens with one attached hydrogen (secondary N) is 1. The van der Waals surface area contributed by atoms with Gasteiger partial charge in [0.2, 0.25) is 0 Å². The first-order valence-electron chi connectivity index (χ1n) is 4.59. The smallest absolute Gasteiger partial charge is 0.0522 e. The van der Waals surface area contributed by atoms with E-state index in [0.29, 0.717) is 0 Å². The van der Waals surface area contributed by atoms with Crippen LogP contribution in [0.1, 0.15) is 19.5 Å². The summed E-state index contributed by atoms with van der Waals surface area (Å²) in [6.07, 6.45) is 1.83. The van der Waals surface area contributed by atoms with Crippen LogP contribution in [-0.2, 0) is 13.1 Å². The van der Waals surface area contributed by atoms with Crippen molar-refractivity contribution in [2.75, 3.05) is 6.54 Å². The van der Waals surface area contributed by atoms with E-state index in [4.69, 9.17) is 0 Å². The van der Waals surface area contributed by atoms with Crippen LogP contribution in [0.5, 0.6) is 0 Å². The lowest BCUT2D eigenvalue weighted by molar-refractivity contribution is 0.593. The van der Waals surface area contributed by atoms with Gasteiger partial charge in [-0.15, -0.1) is 0 Å². The monoisotopic (exact) mass is 179 g/mol. The van der Waals surface area contributed by atoms with Crippen molar-refractivity contribution >= 4 is 0 Å². The molecule has 1 aromatic rings. The van der Waals surface area contributed by atoms with Crippen LogP contribution in [0.15, 0.2) is 24.4 Å². The first-order chi connectivity index (χ1) is 6.24. The molecule has 0 aromatic carbocycles. The van der Waals surface area contributed by atoms with Crippen LogP contribution < -0.4 is 5.32 Å². The van der Waals surface area contributed by atoms with Gasteiger partial charge in [0, 0.05) is 25.8 Å². The molecule has 0 radical (unpaired) electrons. The van der Waals surface area contributed by atoms with Crippen molar-refractivity contribution in [1.82, 2.24) is 15.1 Å². The molecule has 0 saturated carbocycles. The Balaban J connectivity index is 2.40. The maximum atomic E-state index is 4.19. The van der Waals surface area contributed by atoms with Crippen molar-refractivity contribution in [1.29, 1.82) is 0 Å². The van der Waals surface area contributed by atoms with Crippen LogP contribution >= 0.6 is 0 Å². The lowest BCUT2D eigenvalue weighted by Crippen LogP contribution is -2.18. The summed E-state index contributed by atoms with van der Waals surface area (Å²) in [4.78, 5) is 0. The molecule has 0 aliphatic carbocycles. The second kappa shape index (κ2) is 4.82. The highest BCUT2D eigenvalue weighted by molar-refractivity contribution is 5.01. The third-order valence-electron chi connectivity index (χ3n) is 1.84. The van der Waals surface area contributed by atoms with E-state index in [0.717, 1.165) is 25.2 Å². The third kappa shape index (κ3) is 3.03. The molecule has 0 aliphatic rings. The van der Waals surface area contributed by atoms with Gasteiger partial charge in [0.05, 0.1) is 5.69 Å². The minimum absolute atomic E-state index is 0.862. The van der Waals surface area contributed by atoms with Gasteiger partial charge in [-0.1, -0.05) is 12.2 Å². The molecule has 13 heavy (non-hydrogen) atoms. The van der Waals surface area contributed by atoms with Gasteiger partial charge in [-0.3, -0.25) is 4.68 Å². The van der Waals surface area contributed by atoms with Gasteiger partial charge in [0.15, 0.2) is 0 Å². The SMILES string of the molecule is C=C(C)CNCc1ccnn1CC. The van der Waals surface area contributed by atoms with Crippen molar-refractivity contribution in [3.63, 3.8) is 0 Å². The van der Waals surface area contributed by atoms with E-state index in [2.05, 4.69) is 23.9 Å². The molecular weight excluding hydrogens is 162 g/mol. The second-order valence-corrected chi connectivity index (χ2v) is 3.20. The zero-order valence-corrected chi connectivity index (χ0v) is 8.38. The van der Waals surface area contributed by atoms with E-state index >= 15 is 0 Å². The molecule has 3 heteroatoms. The predicted molar refractivity (Wildman–Crippen MR) is 54.4 cm³/mol. The maximum Gasteiger partial charge on any atom is 0.0522 e. The summed E-state index contributed by atoms with van der Waals surface area (Å²) in [6.45, 7) is 10.6. The molecule has 0 fully saturated rings. The highest BCUT2D eigenvalue weighted by Crippen LogP contribution is 1.97. The molecule has 0 aliphatic heterocycles. The number of rotatable bonds is 5. The molecule has 72 valence electrons. The maximum absolute atomic E-state index is 4.19. The van der Waals surface area contributed by atoms with E-state index < -0.39 is 0 Å². The zero-order chi connectivity index (χ0) is 9.68. The first-order valence-corrected chi connectivity index (χ1v) is 4.59. The Bertz CT molecular complexity index is 275. The average molecular weight is 179 g/mol. The molecule has 0 bridgehead atoms. The Hall–Kier alpha value is -1.09. The summed E-state index contributed by atoms with van der Waals surface area (Å²) >= 11 is 0. The molecule has 0 amide bonds. The summed E-state index contributed by atoms with van der Waals surface area (Å²) in [5.41, 5.74) is 2.38. The Kier molecular flexibility index (Phi) is 3.71. The number of hydrogen-bond donors (Lipinski definition) is 1. The predicted octanol–water partition coefficient (Wildman–Crippen LogP) is 1.57. The van der Waals surface area contributed by atoms with Gasteiger partial charge >= 0.3 is 0 Å². The summed E-state index contributed by atoms with van der Waals surface area (Å²) < 4.78 is 1.99. The van der Waals surface area contributed by atoms with E-state index in [1.807, 2.05) is 23.9 Å². The van der Waals surface area contributed by atoms with Gasteiger partial charge in [0.25, 0.3) is 0 Å². The fourth-order valence-corrected chi connectivity index (χ4v) is 1.20. The summed E-state index contributed by atoms with van der Waals surface area (Å²) in [5, 5.41) is 7.49. The van der Waals surface area contributed by atoms with Gasteiger partial charge in [0.1, 0.15) is 0 Å². The van der Waals surface area contributed by atoms with Crippen molar-refractivity contribution in [2.24, 2.45) is 0 Å². The van der Waals surface area contributed by atoms with Crippen LogP contribution in [0.25, 0.3) is 0 Å². The molecule has 0 saturated heterocycles. The van der Waals surface area contributed by atoms with Crippen LogP contribution in [-0.4, -0.2) is 16.3 Å². The number of aryl methyl sites for hydroxylation is 1. The van der Waals surface area contributed by atoms with Crippen LogP contribution in [0.2, 0.25) is 0 Å². The van der Waals surface area contributed by atoms with Crippen molar-refractivity contribution in [3.05, 3.63) is 30.1 Å².